The van der Waals surface area contributed by atoms with Crippen molar-refractivity contribution in [1.82, 2.24) is 10.2 Å². The Hall–Kier alpha value is -3.16. The molecule has 31 heavy (non-hydrogen) atoms. The fourth-order valence-electron chi connectivity index (χ4n) is 3.00. The van der Waals surface area contributed by atoms with Crippen LogP contribution in [0.15, 0.2) is 89.3 Å². The largest absolute Gasteiger partial charge is 0.356 e. The Balaban J connectivity index is 1.36. The molecule has 7 heteroatoms. The predicted octanol–water partition coefficient (Wildman–Crippen LogP) is 5.94. The second-order valence-electron chi connectivity index (χ2n) is 6.87. The normalized spacial score (nSPS) is 11.6. The third-order valence-corrected chi connectivity index (χ3v) is 6.67. The van der Waals surface area contributed by atoms with E-state index in [-0.39, 0.29) is 11.2 Å². The van der Waals surface area contributed by atoms with E-state index in [9.17, 15) is 4.79 Å². The van der Waals surface area contributed by atoms with Crippen molar-refractivity contribution in [3.63, 3.8) is 0 Å². The first kappa shape index (κ1) is 21.1. The highest BCUT2D eigenvalue weighted by atomic mass is 32.2. The van der Waals surface area contributed by atoms with Crippen molar-refractivity contribution in [3.05, 3.63) is 90.5 Å². The van der Waals surface area contributed by atoms with Crippen LogP contribution in [-0.2, 0) is 11.3 Å². The summed E-state index contributed by atoms with van der Waals surface area (Å²) >= 11 is 2.86. The Morgan fingerprint density at radius 2 is 1.61 bits per heavy atom. The minimum atomic E-state index is -0.307. The molecule has 4 aromatic rings. The second kappa shape index (κ2) is 10.2. The van der Waals surface area contributed by atoms with Gasteiger partial charge in [-0.1, -0.05) is 102 Å². The van der Waals surface area contributed by atoms with Crippen LogP contribution in [-0.4, -0.2) is 21.4 Å². The average Bonchev–Trinajstić information content (AvgIpc) is 3.26. The molecule has 1 heterocycles. The molecule has 1 aromatic heterocycles. The number of rotatable bonds is 8. The van der Waals surface area contributed by atoms with E-state index in [4.69, 9.17) is 0 Å². The maximum absolute atomic E-state index is 12.8. The van der Waals surface area contributed by atoms with Crippen molar-refractivity contribution in [1.29, 1.82) is 0 Å². The number of nitrogens with zero attached hydrogens (tertiary/aromatic N) is 2. The number of aromatic nitrogens is 2. The standard InChI is InChI=1S/C24H22N4OS2/c1-17(30-24-28-27-23(31-24)25-16-18-10-4-2-5-11-18)22(29)26-21-15-9-8-14-20(21)19-12-6-3-7-13-19/h2-15,17H,16H2,1H3,(H,25,27)(H,26,29)/t17-/m0/s1. The summed E-state index contributed by atoms with van der Waals surface area (Å²) in [7, 11) is 0. The SMILES string of the molecule is C[C@H](Sc1nnc(NCc2ccccc2)s1)C(=O)Nc1ccccc1-c1ccccc1. The van der Waals surface area contributed by atoms with Gasteiger partial charge in [0.25, 0.3) is 0 Å². The van der Waals surface area contributed by atoms with Crippen LogP contribution in [0.4, 0.5) is 10.8 Å². The number of thioether (sulfide) groups is 1. The molecule has 2 N–H and O–H groups in total. The molecule has 0 aliphatic rings. The number of hydrogen-bond acceptors (Lipinski definition) is 6. The van der Waals surface area contributed by atoms with E-state index in [0.29, 0.717) is 6.54 Å². The summed E-state index contributed by atoms with van der Waals surface area (Å²) in [5, 5.41) is 15.2. The van der Waals surface area contributed by atoms with E-state index >= 15 is 0 Å². The van der Waals surface area contributed by atoms with E-state index in [2.05, 4.69) is 33.0 Å². The van der Waals surface area contributed by atoms with Crippen molar-refractivity contribution in [2.24, 2.45) is 0 Å². The van der Waals surface area contributed by atoms with Crippen LogP contribution in [0.5, 0.6) is 0 Å². The van der Waals surface area contributed by atoms with Crippen molar-refractivity contribution in [2.45, 2.75) is 23.1 Å². The lowest BCUT2D eigenvalue weighted by atomic mass is 10.0. The maximum atomic E-state index is 12.8. The minimum absolute atomic E-state index is 0.0672. The zero-order valence-corrected chi connectivity index (χ0v) is 18.6. The number of carbonyl (C=O) groups excluding carboxylic acids is 1. The summed E-state index contributed by atoms with van der Waals surface area (Å²) in [5.74, 6) is -0.0672. The van der Waals surface area contributed by atoms with Crippen molar-refractivity contribution < 1.29 is 4.79 Å². The van der Waals surface area contributed by atoms with Gasteiger partial charge in [0.15, 0.2) is 4.34 Å². The molecule has 0 fully saturated rings. The molecule has 5 nitrogen and oxygen atoms in total. The Morgan fingerprint density at radius 1 is 0.935 bits per heavy atom. The van der Waals surface area contributed by atoms with Crippen LogP contribution in [0, 0.1) is 0 Å². The zero-order valence-electron chi connectivity index (χ0n) is 17.0. The highest BCUT2D eigenvalue weighted by molar-refractivity contribution is 8.02. The van der Waals surface area contributed by atoms with Gasteiger partial charge >= 0.3 is 0 Å². The fourth-order valence-corrected chi connectivity index (χ4v) is 4.89. The van der Waals surface area contributed by atoms with Gasteiger partial charge < -0.3 is 10.6 Å². The Labute approximate surface area is 189 Å². The van der Waals surface area contributed by atoms with Gasteiger partial charge in [0.05, 0.1) is 5.25 Å². The van der Waals surface area contributed by atoms with Gasteiger partial charge in [-0.15, -0.1) is 10.2 Å². The first-order valence-electron chi connectivity index (χ1n) is 9.92. The molecular weight excluding hydrogens is 424 g/mol. The summed E-state index contributed by atoms with van der Waals surface area (Å²) in [4.78, 5) is 12.8. The number of hydrogen-bond donors (Lipinski definition) is 2. The monoisotopic (exact) mass is 446 g/mol. The highest BCUT2D eigenvalue weighted by Gasteiger charge is 2.18. The molecule has 0 aliphatic heterocycles. The molecule has 3 aromatic carbocycles. The Morgan fingerprint density at radius 3 is 2.39 bits per heavy atom. The fraction of sp³-hybridized carbons (Fsp3) is 0.125. The smallest absolute Gasteiger partial charge is 0.237 e. The molecule has 0 unspecified atom stereocenters. The molecule has 4 rings (SSSR count). The van der Waals surface area contributed by atoms with E-state index in [0.717, 1.165) is 26.3 Å². The highest BCUT2D eigenvalue weighted by Crippen LogP contribution is 2.31. The number of anilines is 2. The summed E-state index contributed by atoms with van der Waals surface area (Å²) in [6.45, 7) is 2.57. The van der Waals surface area contributed by atoms with E-state index in [1.165, 1.54) is 28.7 Å². The molecule has 0 radical (unpaired) electrons. The third-order valence-electron chi connectivity index (χ3n) is 4.61. The lowest BCUT2D eigenvalue weighted by Crippen LogP contribution is -2.22. The van der Waals surface area contributed by atoms with Crippen molar-refractivity contribution >= 4 is 39.8 Å². The molecule has 0 aliphatic carbocycles. The van der Waals surface area contributed by atoms with Crippen LogP contribution in [0.2, 0.25) is 0 Å². The van der Waals surface area contributed by atoms with E-state index < -0.39 is 0 Å². The first-order chi connectivity index (χ1) is 15.2. The topological polar surface area (TPSA) is 66.9 Å². The van der Waals surface area contributed by atoms with Gasteiger partial charge in [-0.05, 0) is 24.1 Å². The summed E-state index contributed by atoms with van der Waals surface area (Å²) in [6.07, 6.45) is 0. The molecule has 1 atom stereocenters. The maximum Gasteiger partial charge on any atom is 0.237 e. The van der Waals surface area contributed by atoms with Gasteiger partial charge in [0.1, 0.15) is 0 Å². The quantitative estimate of drug-likeness (QED) is 0.328. The predicted molar refractivity (Wildman–Crippen MR) is 130 cm³/mol. The van der Waals surface area contributed by atoms with Gasteiger partial charge in [-0.25, -0.2) is 0 Å². The van der Waals surface area contributed by atoms with Gasteiger partial charge in [-0.3, -0.25) is 4.79 Å². The number of amides is 1. The molecular formula is C24H22N4OS2. The first-order valence-corrected chi connectivity index (χ1v) is 11.6. The van der Waals surface area contributed by atoms with Crippen molar-refractivity contribution in [2.75, 3.05) is 10.6 Å². The van der Waals surface area contributed by atoms with Crippen LogP contribution in [0.3, 0.4) is 0 Å². The van der Waals surface area contributed by atoms with E-state index in [1.54, 1.807) is 0 Å². The van der Waals surface area contributed by atoms with Gasteiger partial charge in [0, 0.05) is 17.8 Å². The van der Waals surface area contributed by atoms with Crippen LogP contribution in [0.25, 0.3) is 11.1 Å². The molecule has 0 saturated carbocycles. The zero-order chi connectivity index (χ0) is 21.5. The molecule has 1 amide bonds. The van der Waals surface area contributed by atoms with Gasteiger partial charge in [0.2, 0.25) is 11.0 Å². The molecule has 156 valence electrons. The molecule has 0 bridgehead atoms. The molecule has 0 saturated heterocycles. The number of para-hydroxylation sites is 1. The lowest BCUT2D eigenvalue weighted by molar-refractivity contribution is -0.115. The minimum Gasteiger partial charge on any atom is -0.356 e. The van der Waals surface area contributed by atoms with Crippen molar-refractivity contribution in [3.8, 4) is 11.1 Å². The van der Waals surface area contributed by atoms with Crippen LogP contribution >= 0.6 is 23.1 Å². The Bertz CT molecular complexity index is 1130. The number of benzene rings is 3. The summed E-state index contributed by atoms with van der Waals surface area (Å²) in [5.41, 5.74) is 4.04. The average molecular weight is 447 g/mol. The number of nitrogens with one attached hydrogen (secondary N) is 2. The lowest BCUT2D eigenvalue weighted by Gasteiger charge is -2.14. The van der Waals surface area contributed by atoms with Gasteiger partial charge in [-0.2, -0.15) is 0 Å². The van der Waals surface area contributed by atoms with Crippen LogP contribution in [0.1, 0.15) is 12.5 Å². The number of carbonyl (C=O) groups is 1. The summed E-state index contributed by atoms with van der Waals surface area (Å²) in [6, 6.07) is 28.0. The Kier molecular flexibility index (Phi) is 6.96. The van der Waals surface area contributed by atoms with Crippen LogP contribution < -0.4 is 10.6 Å². The summed E-state index contributed by atoms with van der Waals surface area (Å²) < 4.78 is 0.759. The van der Waals surface area contributed by atoms with E-state index in [1.807, 2.05) is 79.7 Å². The molecule has 0 spiro atoms. The second-order valence-corrected chi connectivity index (χ2v) is 9.44. The third kappa shape index (κ3) is 5.71.